The smallest absolute Gasteiger partial charge is 0.270 e. The number of nitrogens with one attached hydrogen (secondary N) is 1. The van der Waals surface area contributed by atoms with Crippen LogP contribution < -0.4 is 5.43 Å². The van der Waals surface area contributed by atoms with Crippen LogP contribution >= 0.6 is 23.4 Å². The van der Waals surface area contributed by atoms with E-state index in [4.69, 9.17) is 11.6 Å². The molecule has 0 unspecified atom stereocenters. The fourth-order valence-corrected chi connectivity index (χ4v) is 2.59. The second-order valence-electron chi connectivity index (χ2n) is 4.86. The Kier molecular flexibility index (Phi) is 6.34. The number of hydrogen-bond donors (Lipinski definition) is 1. The lowest BCUT2D eigenvalue weighted by molar-refractivity contribution is -0.384. The molecule has 0 saturated carbocycles. The Morgan fingerprint density at radius 1 is 1.33 bits per heavy atom. The zero-order valence-electron chi connectivity index (χ0n) is 12.7. The van der Waals surface area contributed by atoms with E-state index < -0.39 is 4.92 Å². The third kappa shape index (κ3) is 5.36. The summed E-state index contributed by atoms with van der Waals surface area (Å²) >= 11 is 7.33. The van der Waals surface area contributed by atoms with Gasteiger partial charge in [-0.3, -0.25) is 14.9 Å². The minimum atomic E-state index is -0.523. The van der Waals surface area contributed by atoms with E-state index in [1.54, 1.807) is 0 Å². The summed E-state index contributed by atoms with van der Waals surface area (Å²) in [6.07, 6.45) is 1.28. The molecular formula is C16H14ClN3O3S. The lowest BCUT2D eigenvalue weighted by atomic mass is 10.2. The number of amides is 1. The van der Waals surface area contributed by atoms with Gasteiger partial charge in [-0.05, 0) is 25.1 Å². The van der Waals surface area contributed by atoms with E-state index in [1.165, 1.54) is 36.2 Å². The normalized spacial score (nSPS) is 10.8. The highest BCUT2D eigenvalue weighted by Gasteiger charge is 2.08. The van der Waals surface area contributed by atoms with Gasteiger partial charge in [-0.25, -0.2) is 5.43 Å². The van der Waals surface area contributed by atoms with Crippen molar-refractivity contribution in [1.29, 1.82) is 0 Å². The number of halogens is 1. The molecule has 0 atom stereocenters. The highest BCUT2D eigenvalue weighted by atomic mass is 35.5. The monoisotopic (exact) mass is 363 g/mol. The van der Waals surface area contributed by atoms with E-state index in [1.807, 2.05) is 31.2 Å². The molecule has 0 spiro atoms. The second-order valence-corrected chi connectivity index (χ2v) is 6.31. The zero-order chi connectivity index (χ0) is 17.5. The van der Waals surface area contributed by atoms with Gasteiger partial charge in [-0.1, -0.05) is 29.3 Å². The van der Waals surface area contributed by atoms with Crippen molar-refractivity contribution in [3.05, 3.63) is 68.7 Å². The van der Waals surface area contributed by atoms with Crippen molar-refractivity contribution in [2.45, 2.75) is 11.8 Å². The molecule has 6 nitrogen and oxygen atoms in total. The average Bonchev–Trinajstić information content (AvgIpc) is 2.56. The summed E-state index contributed by atoms with van der Waals surface area (Å²) < 4.78 is 0. The molecule has 0 aliphatic heterocycles. The Morgan fingerprint density at radius 2 is 2.04 bits per heavy atom. The fourth-order valence-electron chi connectivity index (χ4n) is 1.73. The molecule has 24 heavy (non-hydrogen) atoms. The standard InChI is InChI=1S/C16H14ClN3O3S/c1-11-2-5-14(6-3-11)24-10-16(21)19-18-9-12-8-13(20(22)23)4-7-15(12)17/h2-9H,10H2,1H3,(H,19,21)/b18-9-. The Balaban J connectivity index is 1.89. The Bertz CT molecular complexity index is 779. The maximum atomic E-state index is 11.7. The first-order valence-electron chi connectivity index (χ1n) is 6.91. The van der Waals surface area contributed by atoms with Crippen LogP contribution in [0, 0.1) is 17.0 Å². The first-order chi connectivity index (χ1) is 11.5. The molecule has 0 saturated heterocycles. The van der Waals surface area contributed by atoms with E-state index in [0.29, 0.717) is 10.6 Å². The molecule has 2 aromatic rings. The third-order valence-corrected chi connectivity index (χ3v) is 4.33. The van der Waals surface area contributed by atoms with Crippen molar-refractivity contribution < 1.29 is 9.72 Å². The van der Waals surface area contributed by atoms with Gasteiger partial charge in [-0.15, -0.1) is 11.8 Å². The van der Waals surface area contributed by atoms with Crippen LogP contribution in [-0.4, -0.2) is 22.8 Å². The number of nitro benzene ring substituents is 1. The van der Waals surface area contributed by atoms with E-state index in [9.17, 15) is 14.9 Å². The van der Waals surface area contributed by atoms with Gasteiger partial charge in [0.05, 0.1) is 16.9 Å². The van der Waals surface area contributed by atoms with Crippen molar-refractivity contribution >= 4 is 41.2 Å². The van der Waals surface area contributed by atoms with Crippen LogP contribution in [0.4, 0.5) is 5.69 Å². The zero-order valence-corrected chi connectivity index (χ0v) is 14.3. The van der Waals surface area contributed by atoms with Crippen LogP contribution in [0.15, 0.2) is 52.5 Å². The molecule has 0 aliphatic carbocycles. The topological polar surface area (TPSA) is 84.6 Å². The number of nitro groups is 1. The average molecular weight is 364 g/mol. The Hall–Kier alpha value is -2.38. The van der Waals surface area contributed by atoms with Gasteiger partial charge < -0.3 is 0 Å². The van der Waals surface area contributed by atoms with Gasteiger partial charge in [0, 0.05) is 27.6 Å². The highest BCUT2D eigenvalue weighted by molar-refractivity contribution is 8.00. The first-order valence-corrected chi connectivity index (χ1v) is 8.27. The van der Waals surface area contributed by atoms with E-state index in [0.717, 1.165) is 10.5 Å². The minimum Gasteiger partial charge on any atom is -0.272 e. The predicted octanol–water partition coefficient (Wildman–Crippen LogP) is 3.80. The van der Waals surface area contributed by atoms with E-state index in [2.05, 4.69) is 10.5 Å². The molecule has 0 aliphatic rings. The molecule has 0 aromatic heterocycles. The largest absolute Gasteiger partial charge is 0.272 e. The number of non-ortho nitro benzene ring substituents is 1. The second kappa shape index (κ2) is 8.47. The van der Waals surface area contributed by atoms with Gasteiger partial charge in [0.15, 0.2) is 0 Å². The number of benzene rings is 2. The lowest BCUT2D eigenvalue weighted by Gasteiger charge is -2.02. The molecule has 0 bridgehead atoms. The predicted molar refractivity (Wildman–Crippen MR) is 95.7 cm³/mol. The Labute approximate surface area is 148 Å². The SMILES string of the molecule is Cc1ccc(SCC(=O)N/N=C\c2cc([N+](=O)[O-])ccc2Cl)cc1. The number of thioether (sulfide) groups is 1. The van der Waals surface area contributed by atoms with Crippen molar-refractivity contribution in [1.82, 2.24) is 5.43 Å². The summed E-state index contributed by atoms with van der Waals surface area (Å²) in [6.45, 7) is 1.99. The van der Waals surface area contributed by atoms with Gasteiger partial charge in [0.25, 0.3) is 5.69 Å². The fraction of sp³-hybridized carbons (Fsp3) is 0.125. The summed E-state index contributed by atoms with van der Waals surface area (Å²) in [5.74, 6) is -0.0679. The first kappa shape index (κ1) is 18.0. The number of aryl methyl sites for hydroxylation is 1. The number of hydrogen-bond acceptors (Lipinski definition) is 5. The maximum absolute atomic E-state index is 11.7. The molecule has 8 heteroatoms. The number of nitrogens with zero attached hydrogens (tertiary/aromatic N) is 2. The molecule has 1 amide bonds. The van der Waals surface area contributed by atoms with Gasteiger partial charge >= 0.3 is 0 Å². The third-order valence-electron chi connectivity index (χ3n) is 2.97. The Morgan fingerprint density at radius 3 is 2.71 bits per heavy atom. The maximum Gasteiger partial charge on any atom is 0.270 e. The molecule has 0 radical (unpaired) electrons. The summed E-state index contributed by atoms with van der Waals surface area (Å²) in [7, 11) is 0. The van der Waals surface area contributed by atoms with Crippen molar-refractivity contribution in [2.75, 3.05) is 5.75 Å². The van der Waals surface area contributed by atoms with Crippen molar-refractivity contribution in [3.63, 3.8) is 0 Å². The van der Waals surface area contributed by atoms with Crippen LogP contribution in [0.25, 0.3) is 0 Å². The summed E-state index contributed by atoms with van der Waals surface area (Å²) in [5, 5.41) is 14.8. The van der Waals surface area contributed by atoms with Gasteiger partial charge in [-0.2, -0.15) is 5.10 Å². The quantitative estimate of drug-likeness (QED) is 0.366. The number of carbonyl (C=O) groups is 1. The molecule has 2 rings (SSSR count). The van der Waals surface area contributed by atoms with Crippen LogP contribution in [0.5, 0.6) is 0 Å². The molecular weight excluding hydrogens is 350 g/mol. The molecule has 0 fully saturated rings. The number of hydrazone groups is 1. The van der Waals surface area contributed by atoms with E-state index in [-0.39, 0.29) is 17.3 Å². The lowest BCUT2D eigenvalue weighted by Crippen LogP contribution is -2.19. The van der Waals surface area contributed by atoms with Crippen LogP contribution in [-0.2, 0) is 4.79 Å². The number of carbonyl (C=O) groups excluding carboxylic acids is 1. The summed E-state index contributed by atoms with van der Waals surface area (Å²) in [4.78, 5) is 22.9. The van der Waals surface area contributed by atoms with Crippen molar-refractivity contribution in [3.8, 4) is 0 Å². The molecule has 2 aromatic carbocycles. The van der Waals surface area contributed by atoms with Gasteiger partial charge in [0.1, 0.15) is 0 Å². The van der Waals surface area contributed by atoms with Crippen LogP contribution in [0.3, 0.4) is 0 Å². The summed E-state index contributed by atoms with van der Waals surface area (Å²) in [5.41, 5.74) is 3.79. The minimum absolute atomic E-state index is 0.0953. The number of rotatable bonds is 6. The van der Waals surface area contributed by atoms with Crippen LogP contribution in [0.1, 0.15) is 11.1 Å². The molecule has 124 valence electrons. The van der Waals surface area contributed by atoms with E-state index >= 15 is 0 Å². The van der Waals surface area contributed by atoms with Crippen LogP contribution in [0.2, 0.25) is 5.02 Å². The summed E-state index contributed by atoms with van der Waals surface area (Å²) in [6, 6.07) is 11.8. The molecule has 1 N–H and O–H groups in total. The molecule has 0 heterocycles. The van der Waals surface area contributed by atoms with Crippen molar-refractivity contribution in [2.24, 2.45) is 5.10 Å². The van der Waals surface area contributed by atoms with Gasteiger partial charge in [0.2, 0.25) is 5.91 Å². The highest BCUT2D eigenvalue weighted by Crippen LogP contribution is 2.20.